The molecular formula is C12H16N4OS. The Bertz CT molecular complexity index is 575. The van der Waals surface area contributed by atoms with Gasteiger partial charge in [0.2, 0.25) is 0 Å². The molecule has 5 nitrogen and oxygen atoms in total. The van der Waals surface area contributed by atoms with Gasteiger partial charge in [0.25, 0.3) is 0 Å². The largest absolute Gasteiger partial charge is 0.399 e. The number of aromatic nitrogens is 3. The normalized spacial score (nSPS) is 10.7. The number of nitrogen functional groups attached to an aromatic ring is 1. The van der Waals surface area contributed by atoms with E-state index in [1.54, 1.807) is 18.8 Å². The molecule has 0 saturated carbocycles. The van der Waals surface area contributed by atoms with Crippen LogP contribution < -0.4 is 11.4 Å². The number of anilines is 1. The molecule has 1 heterocycles. The van der Waals surface area contributed by atoms with E-state index in [-0.39, 0.29) is 5.69 Å². The lowest BCUT2D eigenvalue weighted by atomic mass is 10.1. The zero-order chi connectivity index (χ0) is 13.0. The Hall–Kier alpha value is -1.69. The molecular weight excluding hydrogens is 248 g/mol. The highest BCUT2D eigenvalue weighted by molar-refractivity contribution is 7.99. The van der Waals surface area contributed by atoms with Gasteiger partial charge in [0.05, 0.1) is 0 Å². The van der Waals surface area contributed by atoms with E-state index in [9.17, 15) is 4.79 Å². The number of rotatable bonds is 5. The number of hydrogen-bond acceptors (Lipinski definition) is 4. The van der Waals surface area contributed by atoms with E-state index in [2.05, 4.69) is 16.3 Å². The molecule has 0 bridgehead atoms. The fourth-order valence-corrected chi connectivity index (χ4v) is 2.51. The van der Waals surface area contributed by atoms with Gasteiger partial charge in [0.15, 0.2) is 5.16 Å². The molecule has 1 aromatic carbocycles. The predicted octanol–water partition coefficient (Wildman–Crippen LogP) is 1.42. The van der Waals surface area contributed by atoms with Crippen molar-refractivity contribution in [3.8, 4) is 0 Å². The van der Waals surface area contributed by atoms with Crippen LogP contribution in [0, 0.1) is 0 Å². The molecule has 0 unspecified atom stereocenters. The summed E-state index contributed by atoms with van der Waals surface area (Å²) in [5.41, 5.74) is 7.59. The van der Waals surface area contributed by atoms with Crippen LogP contribution in [0.3, 0.4) is 0 Å². The molecule has 3 N–H and O–H groups in total. The first kappa shape index (κ1) is 12.8. The third-order valence-corrected chi connectivity index (χ3v) is 3.75. The van der Waals surface area contributed by atoms with Crippen LogP contribution in [0.1, 0.15) is 12.0 Å². The van der Waals surface area contributed by atoms with Gasteiger partial charge in [-0.2, -0.15) is 0 Å². The van der Waals surface area contributed by atoms with E-state index in [1.165, 1.54) is 10.1 Å². The number of H-pyrrole nitrogens is 1. The minimum Gasteiger partial charge on any atom is -0.399 e. The molecule has 0 spiro atoms. The molecule has 6 heteroatoms. The summed E-state index contributed by atoms with van der Waals surface area (Å²) in [5, 5.41) is 7.09. The van der Waals surface area contributed by atoms with Gasteiger partial charge in [-0.15, -0.1) is 5.10 Å². The molecule has 18 heavy (non-hydrogen) atoms. The Kier molecular flexibility index (Phi) is 4.09. The van der Waals surface area contributed by atoms with Crippen molar-refractivity contribution in [2.45, 2.75) is 18.0 Å². The maximum atomic E-state index is 11.1. The van der Waals surface area contributed by atoms with Crippen molar-refractivity contribution < 1.29 is 0 Å². The number of aryl methyl sites for hydroxylation is 1. The van der Waals surface area contributed by atoms with E-state index in [4.69, 9.17) is 5.73 Å². The second kappa shape index (κ2) is 5.77. The average Bonchev–Trinajstić information content (AvgIpc) is 2.66. The lowest BCUT2D eigenvalue weighted by molar-refractivity contribution is 0.764. The Morgan fingerprint density at radius 2 is 2.33 bits per heavy atom. The second-order valence-corrected chi connectivity index (χ2v) is 5.13. The Morgan fingerprint density at radius 3 is 3.00 bits per heavy atom. The van der Waals surface area contributed by atoms with Gasteiger partial charge in [-0.1, -0.05) is 23.9 Å². The molecule has 0 aliphatic heterocycles. The first-order valence-corrected chi connectivity index (χ1v) is 6.74. The van der Waals surface area contributed by atoms with Crippen molar-refractivity contribution >= 4 is 17.4 Å². The molecule has 96 valence electrons. The minimum absolute atomic E-state index is 0.173. The van der Waals surface area contributed by atoms with Crippen LogP contribution in [0.15, 0.2) is 34.2 Å². The van der Waals surface area contributed by atoms with E-state index < -0.39 is 0 Å². The third kappa shape index (κ3) is 3.16. The van der Waals surface area contributed by atoms with E-state index >= 15 is 0 Å². The van der Waals surface area contributed by atoms with Crippen LogP contribution in [-0.2, 0) is 13.5 Å². The Balaban J connectivity index is 1.80. The first-order chi connectivity index (χ1) is 8.66. The minimum atomic E-state index is -0.173. The van der Waals surface area contributed by atoms with Crippen LogP contribution in [0.25, 0.3) is 0 Å². The van der Waals surface area contributed by atoms with Gasteiger partial charge < -0.3 is 5.73 Å². The predicted molar refractivity (Wildman–Crippen MR) is 73.7 cm³/mol. The zero-order valence-corrected chi connectivity index (χ0v) is 11.0. The molecule has 0 saturated heterocycles. The van der Waals surface area contributed by atoms with E-state index in [0.29, 0.717) is 0 Å². The molecule has 0 amide bonds. The van der Waals surface area contributed by atoms with E-state index in [1.807, 2.05) is 18.2 Å². The summed E-state index contributed by atoms with van der Waals surface area (Å²) in [6, 6.07) is 7.92. The number of nitrogens with zero attached hydrogens (tertiary/aromatic N) is 2. The Morgan fingerprint density at radius 1 is 1.50 bits per heavy atom. The highest BCUT2D eigenvalue weighted by Gasteiger charge is 2.04. The van der Waals surface area contributed by atoms with Gasteiger partial charge in [0, 0.05) is 18.5 Å². The van der Waals surface area contributed by atoms with Gasteiger partial charge >= 0.3 is 5.69 Å². The van der Waals surface area contributed by atoms with Crippen LogP contribution in [0.4, 0.5) is 5.69 Å². The topological polar surface area (TPSA) is 76.7 Å². The van der Waals surface area contributed by atoms with Gasteiger partial charge in [-0.05, 0) is 30.5 Å². The third-order valence-electron chi connectivity index (χ3n) is 2.63. The van der Waals surface area contributed by atoms with Crippen molar-refractivity contribution in [2.75, 3.05) is 11.5 Å². The van der Waals surface area contributed by atoms with Crippen molar-refractivity contribution in [3.05, 3.63) is 40.3 Å². The van der Waals surface area contributed by atoms with Crippen LogP contribution in [0.2, 0.25) is 0 Å². The first-order valence-electron chi connectivity index (χ1n) is 5.75. The summed E-state index contributed by atoms with van der Waals surface area (Å²) in [6.07, 6.45) is 2.01. The number of thioether (sulfide) groups is 1. The highest BCUT2D eigenvalue weighted by atomic mass is 32.2. The molecule has 0 aliphatic carbocycles. The molecule has 2 rings (SSSR count). The van der Waals surface area contributed by atoms with Gasteiger partial charge in [-0.3, -0.25) is 4.57 Å². The summed E-state index contributed by atoms with van der Waals surface area (Å²) in [7, 11) is 1.71. The smallest absolute Gasteiger partial charge is 0.343 e. The van der Waals surface area contributed by atoms with Crippen molar-refractivity contribution in [2.24, 2.45) is 7.05 Å². The average molecular weight is 264 g/mol. The number of benzene rings is 1. The van der Waals surface area contributed by atoms with Crippen molar-refractivity contribution in [1.82, 2.24) is 14.8 Å². The summed E-state index contributed by atoms with van der Waals surface area (Å²) in [5.74, 6) is 0.924. The SMILES string of the molecule is Cn1c(SCCCc2cccc(N)c2)n[nH]c1=O. The number of hydrogen-bond donors (Lipinski definition) is 2. The molecule has 0 fully saturated rings. The summed E-state index contributed by atoms with van der Waals surface area (Å²) >= 11 is 1.58. The van der Waals surface area contributed by atoms with Gasteiger partial charge in [0.1, 0.15) is 0 Å². The zero-order valence-electron chi connectivity index (χ0n) is 10.2. The lowest BCUT2D eigenvalue weighted by Gasteiger charge is -2.02. The lowest BCUT2D eigenvalue weighted by Crippen LogP contribution is -2.12. The Labute approximate surface area is 109 Å². The molecule has 2 aromatic rings. The summed E-state index contributed by atoms with van der Waals surface area (Å²) < 4.78 is 1.52. The fraction of sp³-hybridized carbons (Fsp3) is 0.333. The summed E-state index contributed by atoms with van der Waals surface area (Å²) in [4.78, 5) is 11.1. The van der Waals surface area contributed by atoms with Crippen LogP contribution in [-0.4, -0.2) is 20.5 Å². The van der Waals surface area contributed by atoms with Crippen molar-refractivity contribution in [1.29, 1.82) is 0 Å². The highest BCUT2D eigenvalue weighted by Crippen LogP contribution is 2.15. The monoisotopic (exact) mass is 264 g/mol. The number of aromatic amines is 1. The maximum absolute atomic E-state index is 11.1. The summed E-state index contributed by atoms with van der Waals surface area (Å²) in [6.45, 7) is 0. The molecule has 1 aromatic heterocycles. The van der Waals surface area contributed by atoms with E-state index in [0.717, 1.165) is 29.4 Å². The second-order valence-electron chi connectivity index (χ2n) is 4.07. The molecule has 0 aliphatic rings. The van der Waals surface area contributed by atoms with Crippen molar-refractivity contribution in [3.63, 3.8) is 0 Å². The van der Waals surface area contributed by atoms with Crippen LogP contribution in [0.5, 0.6) is 0 Å². The maximum Gasteiger partial charge on any atom is 0.343 e. The molecule has 0 radical (unpaired) electrons. The van der Waals surface area contributed by atoms with Crippen LogP contribution >= 0.6 is 11.8 Å². The molecule has 0 atom stereocenters. The number of nitrogens with one attached hydrogen (secondary N) is 1. The van der Waals surface area contributed by atoms with Gasteiger partial charge in [-0.25, -0.2) is 9.89 Å². The standard InChI is InChI=1S/C12H16N4OS/c1-16-11(17)14-15-12(16)18-7-3-5-9-4-2-6-10(13)8-9/h2,4,6,8H,3,5,7,13H2,1H3,(H,14,17). The fourth-order valence-electron chi connectivity index (χ4n) is 1.65. The number of nitrogens with two attached hydrogens (primary N) is 1. The quantitative estimate of drug-likeness (QED) is 0.486.